The van der Waals surface area contributed by atoms with Crippen molar-refractivity contribution in [2.75, 3.05) is 0 Å². The Balaban J connectivity index is 3.88. The second-order valence-corrected chi connectivity index (χ2v) is 3.70. The summed E-state index contributed by atoms with van der Waals surface area (Å²) in [6.45, 7) is 7.14. The van der Waals surface area contributed by atoms with Crippen LogP contribution in [-0.2, 0) is 4.79 Å². The molecule has 0 bridgehead atoms. The Hall–Kier alpha value is -0.370. The zero-order chi connectivity index (χ0) is 9.07. The quantitative estimate of drug-likeness (QED) is 0.677. The van der Waals surface area contributed by atoms with Crippen LogP contribution in [0.15, 0.2) is 0 Å². The van der Waals surface area contributed by atoms with E-state index in [1.165, 1.54) is 13.8 Å². The van der Waals surface area contributed by atoms with Gasteiger partial charge in [0.25, 0.3) is 0 Å². The van der Waals surface area contributed by atoms with Gasteiger partial charge in [-0.1, -0.05) is 20.3 Å². The molecular weight excluding hydrogens is 140 g/mol. The van der Waals surface area contributed by atoms with Crippen LogP contribution in [0.1, 0.15) is 40.5 Å². The molecule has 1 N–H and O–H groups in total. The monoisotopic (exact) mass is 158 g/mol. The van der Waals surface area contributed by atoms with E-state index >= 15 is 0 Å². The summed E-state index contributed by atoms with van der Waals surface area (Å²) in [5, 5.41) is 9.28. The molecule has 0 saturated carbocycles. The minimum Gasteiger partial charge on any atom is -0.383 e. The van der Waals surface area contributed by atoms with E-state index in [0.717, 1.165) is 6.42 Å². The molecule has 0 aromatic carbocycles. The maximum atomic E-state index is 11.2. The first-order valence-corrected chi connectivity index (χ1v) is 4.13. The molecule has 0 aromatic heterocycles. The van der Waals surface area contributed by atoms with Crippen LogP contribution < -0.4 is 0 Å². The summed E-state index contributed by atoms with van der Waals surface area (Å²) in [5.41, 5.74) is -1.15. The maximum absolute atomic E-state index is 11.2. The SMILES string of the molecule is CCC(C)CC(=O)C(C)(C)O. The van der Waals surface area contributed by atoms with Crippen LogP contribution in [0.2, 0.25) is 0 Å². The zero-order valence-corrected chi connectivity index (χ0v) is 7.85. The zero-order valence-electron chi connectivity index (χ0n) is 7.85. The lowest BCUT2D eigenvalue weighted by molar-refractivity contribution is -0.134. The molecule has 0 aromatic rings. The van der Waals surface area contributed by atoms with E-state index < -0.39 is 5.60 Å². The Morgan fingerprint density at radius 3 is 2.27 bits per heavy atom. The van der Waals surface area contributed by atoms with E-state index in [0.29, 0.717) is 12.3 Å². The van der Waals surface area contributed by atoms with E-state index in [1.807, 2.05) is 13.8 Å². The van der Waals surface area contributed by atoms with Gasteiger partial charge in [-0.3, -0.25) is 4.79 Å². The fourth-order valence-corrected chi connectivity index (χ4v) is 0.711. The van der Waals surface area contributed by atoms with Crippen molar-refractivity contribution < 1.29 is 9.90 Å². The molecule has 2 heteroatoms. The number of carbonyl (C=O) groups is 1. The third kappa shape index (κ3) is 4.14. The van der Waals surface area contributed by atoms with Gasteiger partial charge in [-0.05, 0) is 19.8 Å². The van der Waals surface area contributed by atoms with Gasteiger partial charge in [-0.15, -0.1) is 0 Å². The summed E-state index contributed by atoms with van der Waals surface area (Å²) in [6, 6.07) is 0. The highest BCUT2D eigenvalue weighted by atomic mass is 16.3. The Bertz CT molecular complexity index is 133. The van der Waals surface area contributed by atoms with Gasteiger partial charge in [0.15, 0.2) is 5.78 Å². The van der Waals surface area contributed by atoms with Gasteiger partial charge in [-0.25, -0.2) is 0 Å². The molecule has 11 heavy (non-hydrogen) atoms. The van der Waals surface area contributed by atoms with Crippen molar-refractivity contribution in [2.45, 2.75) is 46.1 Å². The van der Waals surface area contributed by atoms with Crippen LogP contribution in [0.5, 0.6) is 0 Å². The summed E-state index contributed by atoms with van der Waals surface area (Å²) >= 11 is 0. The predicted molar refractivity (Wildman–Crippen MR) is 45.4 cm³/mol. The molecule has 0 spiro atoms. The molecule has 0 heterocycles. The van der Waals surface area contributed by atoms with Gasteiger partial charge in [0.2, 0.25) is 0 Å². The van der Waals surface area contributed by atoms with E-state index in [1.54, 1.807) is 0 Å². The van der Waals surface area contributed by atoms with Crippen molar-refractivity contribution in [1.82, 2.24) is 0 Å². The maximum Gasteiger partial charge on any atom is 0.164 e. The topological polar surface area (TPSA) is 37.3 Å². The molecule has 1 atom stereocenters. The van der Waals surface area contributed by atoms with Gasteiger partial charge in [0.05, 0.1) is 0 Å². The van der Waals surface area contributed by atoms with Gasteiger partial charge in [-0.2, -0.15) is 0 Å². The molecule has 0 saturated heterocycles. The van der Waals surface area contributed by atoms with Crippen LogP contribution >= 0.6 is 0 Å². The number of carbonyl (C=O) groups excluding carboxylic acids is 1. The van der Waals surface area contributed by atoms with Gasteiger partial charge in [0, 0.05) is 6.42 Å². The predicted octanol–water partition coefficient (Wildman–Crippen LogP) is 1.76. The van der Waals surface area contributed by atoms with Gasteiger partial charge < -0.3 is 5.11 Å². The van der Waals surface area contributed by atoms with Crippen molar-refractivity contribution >= 4 is 5.78 Å². The number of hydrogen-bond acceptors (Lipinski definition) is 2. The van der Waals surface area contributed by atoms with E-state index in [4.69, 9.17) is 0 Å². The number of rotatable bonds is 4. The highest BCUT2D eigenvalue weighted by Crippen LogP contribution is 2.13. The van der Waals surface area contributed by atoms with Crippen molar-refractivity contribution in [3.63, 3.8) is 0 Å². The highest BCUT2D eigenvalue weighted by Gasteiger charge is 2.24. The number of Topliss-reactive ketones (excluding diaryl/α,β-unsaturated/α-hetero) is 1. The average molecular weight is 158 g/mol. The summed E-state index contributed by atoms with van der Waals surface area (Å²) in [5.74, 6) is 0.320. The summed E-state index contributed by atoms with van der Waals surface area (Å²) < 4.78 is 0. The first-order valence-electron chi connectivity index (χ1n) is 4.13. The smallest absolute Gasteiger partial charge is 0.164 e. The van der Waals surface area contributed by atoms with Crippen LogP contribution in [0.3, 0.4) is 0 Å². The van der Waals surface area contributed by atoms with Crippen molar-refractivity contribution in [1.29, 1.82) is 0 Å². The van der Waals surface area contributed by atoms with Crippen molar-refractivity contribution in [3.05, 3.63) is 0 Å². The molecule has 0 radical (unpaired) electrons. The molecule has 0 rings (SSSR count). The lowest BCUT2D eigenvalue weighted by Crippen LogP contribution is -2.32. The molecule has 2 nitrogen and oxygen atoms in total. The standard InChI is InChI=1S/C9H18O2/c1-5-7(2)6-8(10)9(3,4)11/h7,11H,5-6H2,1-4H3. The van der Waals surface area contributed by atoms with Gasteiger partial charge in [0.1, 0.15) is 5.60 Å². The normalized spacial score (nSPS) is 14.6. The summed E-state index contributed by atoms with van der Waals surface area (Å²) in [6.07, 6.45) is 1.47. The second kappa shape index (κ2) is 3.86. The van der Waals surface area contributed by atoms with Crippen molar-refractivity contribution in [3.8, 4) is 0 Å². The van der Waals surface area contributed by atoms with Crippen LogP contribution in [0.4, 0.5) is 0 Å². The van der Waals surface area contributed by atoms with Crippen LogP contribution in [-0.4, -0.2) is 16.5 Å². The fraction of sp³-hybridized carbons (Fsp3) is 0.889. The molecule has 66 valence electrons. The highest BCUT2D eigenvalue weighted by molar-refractivity contribution is 5.86. The Kier molecular flexibility index (Phi) is 3.73. The van der Waals surface area contributed by atoms with E-state index in [-0.39, 0.29) is 5.78 Å². The minimum absolute atomic E-state index is 0.0631. The molecule has 0 aliphatic carbocycles. The first-order chi connectivity index (χ1) is 4.88. The van der Waals surface area contributed by atoms with Crippen LogP contribution in [0, 0.1) is 5.92 Å². The third-order valence-electron chi connectivity index (χ3n) is 1.91. The number of aliphatic hydroxyl groups is 1. The average Bonchev–Trinajstić information content (AvgIpc) is 1.85. The van der Waals surface area contributed by atoms with E-state index in [2.05, 4.69) is 0 Å². The molecule has 0 aliphatic rings. The Morgan fingerprint density at radius 1 is 1.55 bits per heavy atom. The molecule has 0 fully saturated rings. The Morgan fingerprint density at radius 2 is 2.00 bits per heavy atom. The molecular formula is C9H18O2. The third-order valence-corrected chi connectivity index (χ3v) is 1.91. The fourth-order valence-electron chi connectivity index (χ4n) is 0.711. The lowest BCUT2D eigenvalue weighted by atomic mass is 9.93. The number of hydrogen-bond donors (Lipinski definition) is 1. The van der Waals surface area contributed by atoms with E-state index in [9.17, 15) is 9.90 Å². The molecule has 0 aliphatic heterocycles. The number of ketones is 1. The molecule has 0 amide bonds. The molecule has 1 unspecified atom stereocenters. The Labute approximate surface area is 68.6 Å². The first kappa shape index (κ1) is 10.6. The second-order valence-electron chi connectivity index (χ2n) is 3.70. The van der Waals surface area contributed by atoms with Crippen LogP contribution in [0.25, 0.3) is 0 Å². The summed E-state index contributed by atoms with van der Waals surface area (Å²) in [7, 11) is 0. The largest absolute Gasteiger partial charge is 0.383 e. The summed E-state index contributed by atoms with van der Waals surface area (Å²) in [4.78, 5) is 11.2. The van der Waals surface area contributed by atoms with Gasteiger partial charge >= 0.3 is 0 Å². The minimum atomic E-state index is -1.15. The lowest BCUT2D eigenvalue weighted by Gasteiger charge is -2.17. The van der Waals surface area contributed by atoms with Crippen molar-refractivity contribution in [2.24, 2.45) is 5.92 Å².